The van der Waals surface area contributed by atoms with E-state index in [1.54, 1.807) is 0 Å². The molecular weight excluding hydrogens is 548 g/mol. The van der Waals surface area contributed by atoms with Crippen molar-refractivity contribution in [3.05, 3.63) is 0 Å². The number of rotatable bonds is 22. The Hall–Kier alpha value is 0.560. The first kappa shape index (κ1) is 35.6. The molecule has 0 aliphatic rings. The van der Waals surface area contributed by atoms with Crippen molar-refractivity contribution >= 4 is 30.4 Å². The van der Waals surface area contributed by atoms with Gasteiger partial charge in [0.2, 0.25) is 0 Å². The SMILES string of the molecule is CCOP(=O)(OCC)C(OC(P(=O)(OCC)OCC)P(=O)(OCC)OCC)P(=O)(OCC)OCC. The van der Waals surface area contributed by atoms with Crippen LogP contribution in [0, 0.1) is 0 Å². The lowest BCUT2D eigenvalue weighted by Crippen LogP contribution is -2.29. The van der Waals surface area contributed by atoms with Crippen LogP contribution in [0.15, 0.2) is 0 Å². The molecule has 0 aliphatic heterocycles. The highest BCUT2D eigenvalue weighted by Gasteiger charge is 2.60. The normalized spacial score (nSPS) is 13.8. The van der Waals surface area contributed by atoms with Gasteiger partial charge in [0.05, 0.1) is 52.9 Å². The zero-order valence-electron chi connectivity index (χ0n) is 21.9. The summed E-state index contributed by atoms with van der Waals surface area (Å²) in [6.45, 7) is 11.2. The summed E-state index contributed by atoms with van der Waals surface area (Å²) in [5.41, 5.74) is -4.24. The van der Waals surface area contributed by atoms with Crippen LogP contribution in [0.3, 0.4) is 0 Å². The maximum absolute atomic E-state index is 13.9. The summed E-state index contributed by atoms with van der Waals surface area (Å²) in [7, 11) is -17.9. The molecule has 212 valence electrons. The molecule has 0 heterocycles. The molecule has 0 aromatic rings. The van der Waals surface area contributed by atoms with E-state index in [1.165, 1.54) is 55.4 Å². The first-order chi connectivity index (χ1) is 16.5. The number of hydrogen-bond acceptors (Lipinski definition) is 13. The molecule has 13 nitrogen and oxygen atoms in total. The zero-order chi connectivity index (χ0) is 27.2. The molecule has 0 N–H and O–H groups in total. The maximum Gasteiger partial charge on any atom is 0.371 e. The lowest BCUT2D eigenvalue weighted by atomic mass is 10.9. The van der Waals surface area contributed by atoms with Crippen LogP contribution in [0.5, 0.6) is 0 Å². The van der Waals surface area contributed by atoms with Gasteiger partial charge in [0.25, 0.3) is 11.2 Å². The van der Waals surface area contributed by atoms with Crippen LogP contribution in [0.4, 0.5) is 0 Å². The fourth-order valence-electron chi connectivity index (χ4n) is 2.85. The van der Waals surface area contributed by atoms with Gasteiger partial charge in [-0.1, -0.05) is 0 Å². The maximum atomic E-state index is 13.9. The smallest absolute Gasteiger partial charge is 0.327 e. The van der Waals surface area contributed by atoms with Crippen LogP contribution >= 0.6 is 30.4 Å². The molecule has 0 amide bonds. The molecule has 17 heteroatoms. The van der Waals surface area contributed by atoms with Crippen LogP contribution < -0.4 is 0 Å². The minimum absolute atomic E-state index is 0.136. The second-order valence-electron chi connectivity index (χ2n) is 6.29. The molecule has 0 atom stereocenters. The Morgan fingerprint density at radius 2 is 0.514 bits per heavy atom. The third-order valence-corrected chi connectivity index (χ3v) is 14.8. The molecule has 0 aromatic carbocycles. The lowest BCUT2D eigenvalue weighted by molar-refractivity contribution is 0.0560. The van der Waals surface area contributed by atoms with Crippen LogP contribution in [0.1, 0.15) is 55.4 Å². The summed E-state index contributed by atoms with van der Waals surface area (Å²) in [4.78, 5) is 0. The van der Waals surface area contributed by atoms with E-state index in [2.05, 4.69) is 0 Å². The molecule has 0 rings (SSSR count). The van der Waals surface area contributed by atoms with Crippen molar-refractivity contribution < 1.29 is 59.2 Å². The first-order valence-corrected chi connectivity index (χ1v) is 18.1. The second kappa shape index (κ2) is 17.2. The van der Waals surface area contributed by atoms with Gasteiger partial charge in [0.1, 0.15) is 0 Å². The highest BCUT2D eigenvalue weighted by atomic mass is 31.2. The van der Waals surface area contributed by atoms with Gasteiger partial charge in [-0.25, -0.2) is 0 Å². The monoisotopic (exact) mass is 590 g/mol. The topological polar surface area (TPSA) is 151 Å². The van der Waals surface area contributed by atoms with Crippen molar-refractivity contribution in [3.8, 4) is 0 Å². The molecule has 0 radical (unpaired) electrons. The van der Waals surface area contributed by atoms with Crippen molar-refractivity contribution in [3.63, 3.8) is 0 Å². The first-order valence-electron chi connectivity index (χ1n) is 11.7. The van der Waals surface area contributed by atoms with Crippen molar-refractivity contribution in [2.45, 2.75) is 66.6 Å². The molecule has 0 saturated carbocycles. The largest absolute Gasteiger partial charge is 0.371 e. The van der Waals surface area contributed by atoms with Crippen molar-refractivity contribution in [1.82, 2.24) is 0 Å². The Balaban J connectivity index is 7.22. The van der Waals surface area contributed by atoms with Crippen LogP contribution in [0.2, 0.25) is 0 Å². The van der Waals surface area contributed by atoms with Gasteiger partial charge < -0.3 is 40.9 Å². The molecular formula is C18H42O13P4. The number of hydrogen-bond donors (Lipinski definition) is 0. The van der Waals surface area contributed by atoms with E-state index >= 15 is 0 Å². The van der Waals surface area contributed by atoms with E-state index in [0.717, 1.165) is 0 Å². The van der Waals surface area contributed by atoms with Crippen LogP contribution in [-0.2, 0) is 59.2 Å². The molecule has 0 fully saturated rings. The quantitative estimate of drug-likeness (QED) is 0.124. The molecule has 0 aliphatic carbocycles. The molecule has 35 heavy (non-hydrogen) atoms. The second-order valence-corrected chi connectivity index (χ2v) is 15.4. The summed E-state index contributed by atoms with van der Waals surface area (Å²) in [5.74, 6) is 0. The third-order valence-electron chi connectivity index (χ3n) is 3.80. The highest BCUT2D eigenvalue weighted by molar-refractivity contribution is 7.74. The van der Waals surface area contributed by atoms with Crippen molar-refractivity contribution in [1.29, 1.82) is 0 Å². The Kier molecular flexibility index (Phi) is 17.5. The van der Waals surface area contributed by atoms with Crippen molar-refractivity contribution in [2.24, 2.45) is 0 Å². The third kappa shape index (κ3) is 9.99. The molecule has 0 saturated heterocycles. The van der Waals surface area contributed by atoms with Crippen molar-refractivity contribution in [2.75, 3.05) is 52.9 Å². The van der Waals surface area contributed by atoms with E-state index in [9.17, 15) is 18.3 Å². The molecule has 0 bridgehead atoms. The summed E-state index contributed by atoms with van der Waals surface area (Å²) < 4.78 is 104. The zero-order valence-corrected chi connectivity index (χ0v) is 25.5. The summed E-state index contributed by atoms with van der Waals surface area (Å²) >= 11 is 0. The van der Waals surface area contributed by atoms with Gasteiger partial charge in [-0.2, -0.15) is 0 Å². The summed E-state index contributed by atoms with van der Waals surface area (Å²) in [6.07, 6.45) is 0. The minimum Gasteiger partial charge on any atom is -0.327 e. The van der Waals surface area contributed by atoms with Gasteiger partial charge in [0.15, 0.2) is 0 Å². The fourth-order valence-corrected chi connectivity index (χ4v) is 12.9. The average Bonchev–Trinajstić information content (AvgIpc) is 2.75. The van der Waals surface area contributed by atoms with E-state index in [0.29, 0.717) is 0 Å². The predicted molar refractivity (Wildman–Crippen MR) is 132 cm³/mol. The van der Waals surface area contributed by atoms with Gasteiger partial charge in [0, 0.05) is 0 Å². The van der Waals surface area contributed by atoms with E-state index in [-0.39, 0.29) is 52.9 Å². The Morgan fingerprint density at radius 1 is 0.371 bits per heavy atom. The Bertz CT molecular complexity index is 615. The van der Waals surface area contributed by atoms with E-state index in [1.807, 2.05) is 0 Å². The van der Waals surface area contributed by atoms with E-state index < -0.39 is 41.6 Å². The van der Waals surface area contributed by atoms with E-state index in [4.69, 9.17) is 40.9 Å². The molecule has 0 spiro atoms. The minimum atomic E-state index is -4.48. The number of ether oxygens (including phenoxy) is 1. The van der Waals surface area contributed by atoms with Crippen LogP contribution in [-0.4, -0.2) is 64.0 Å². The predicted octanol–water partition coefficient (Wildman–Crippen LogP) is 6.63. The summed E-state index contributed by atoms with van der Waals surface area (Å²) in [5, 5.41) is 0. The van der Waals surface area contributed by atoms with Gasteiger partial charge >= 0.3 is 30.4 Å². The Labute approximate surface area is 209 Å². The van der Waals surface area contributed by atoms with Gasteiger partial charge in [-0.15, -0.1) is 0 Å². The average molecular weight is 590 g/mol. The van der Waals surface area contributed by atoms with Gasteiger partial charge in [-0.05, 0) is 55.4 Å². The highest BCUT2D eigenvalue weighted by Crippen LogP contribution is 2.77. The summed E-state index contributed by atoms with van der Waals surface area (Å²) in [6, 6.07) is 0. The fraction of sp³-hybridized carbons (Fsp3) is 1.00. The van der Waals surface area contributed by atoms with Crippen LogP contribution in [0.25, 0.3) is 0 Å². The lowest BCUT2D eigenvalue weighted by Gasteiger charge is -2.36. The Morgan fingerprint density at radius 3 is 0.629 bits per heavy atom. The molecule has 0 aromatic heterocycles. The van der Waals surface area contributed by atoms with Gasteiger partial charge in [-0.3, -0.25) is 18.3 Å². The standard InChI is InChI=1S/C18H42O13P4/c1-9-23-32(19,24-10-2)17(33(20,25-11-3)26-12-4)31-18(34(21,27-13-5)28-14-6)35(22,29-15-7)30-16-8/h17-18H,9-16H2,1-8H3. The molecule has 0 unspecified atom stereocenters.